The predicted octanol–water partition coefficient (Wildman–Crippen LogP) is 5.02. The van der Waals surface area contributed by atoms with Crippen molar-refractivity contribution in [1.82, 2.24) is 10.3 Å². The molecule has 2 aromatic rings. The molecule has 0 saturated heterocycles. The maximum atomic E-state index is 3.89. The Labute approximate surface area is 133 Å². The normalized spacial score (nSPS) is 22.9. The molecule has 0 aliphatic heterocycles. The molecule has 1 unspecified atom stereocenters. The second-order valence-corrected chi connectivity index (χ2v) is 7.42. The molecule has 2 aliphatic rings. The van der Waals surface area contributed by atoms with E-state index in [1.165, 1.54) is 80.1 Å². The van der Waals surface area contributed by atoms with Gasteiger partial charge in [-0.05, 0) is 69.2 Å². The van der Waals surface area contributed by atoms with E-state index in [0.29, 0.717) is 6.04 Å². The second-order valence-electron chi connectivity index (χ2n) is 7.42. The largest absolute Gasteiger partial charge is 0.357 e. The van der Waals surface area contributed by atoms with Crippen LogP contribution in [0.5, 0.6) is 0 Å². The lowest BCUT2D eigenvalue weighted by molar-refractivity contribution is 0.318. The Kier molecular flexibility index (Phi) is 3.96. The van der Waals surface area contributed by atoms with Crippen LogP contribution in [-0.2, 0) is 6.42 Å². The summed E-state index contributed by atoms with van der Waals surface area (Å²) in [6.07, 6.45) is 11.0. The Bertz CT molecular complexity index is 649. The number of hydrogen-bond donors (Lipinski definition) is 2. The molecule has 1 fully saturated rings. The zero-order valence-electron chi connectivity index (χ0n) is 13.8. The SMILES string of the molecule is Cc1ccc2[nH]c3c(c2c1)CCCC3NCC1CCCCC1. The van der Waals surface area contributed by atoms with Crippen LogP contribution in [0.2, 0.25) is 0 Å². The van der Waals surface area contributed by atoms with Crippen LogP contribution in [0, 0.1) is 12.8 Å². The van der Waals surface area contributed by atoms with Gasteiger partial charge in [0.25, 0.3) is 0 Å². The Morgan fingerprint density at radius 1 is 1.09 bits per heavy atom. The fourth-order valence-electron chi connectivity index (χ4n) is 4.48. The summed E-state index contributed by atoms with van der Waals surface area (Å²) in [5, 5.41) is 5.35. The van der Waals surface area contributed by atoms with Crippen LogP contribution in [0.4, 0.5) is 0 Å². The average Bonchev–Trinajstić information content (AvgIpc) is 2.92. The van der Waals surface area contributed by atoms with Gasteiger partial charge < -0.3 is 10.3 Å². The van der Waals surface area contributed by atoms with Gasteiger partial charge in [-0.15, -0.1) is 0 Å². The predicted molar refractivity (Wildman–Crippen MR) is 93.3 cm³/mol. The molecular weight excluding hydrogens is 268 g/mol. The Balaban J connectivity index is 1.55. The Morgan fingerprint density at radius 2 is 1.95 bits per heavy atom. The van der Waals surface area contributed by atoms with Gasteiger partial charge in [0.1, 0.15) is 0 Å². The summed E-state index contributed by atoms with van der Waals surface area (Å²) in [6, 6.07) is 7.36. The molecule has 2 heteroatoms. The van der Waals surface area contributed by atoms with E-state index in [4.69, 9.17) is 0 Å². The summed E-state index contributed by atoms with van der Waals surface area (Å²) in [5.74, 6) is 0.908. The second kappa shape index (κ2) is 6.08. The third-order valence-corrected chi connectivity index (χ3v) is 5.74. The lowest BCUT2D eigenvalue weighted by atomic mass is 9.87. The highest BCUT2D eigenvalue weighted by molar-refractivity contribution is 5.85. The average molecular weight is 296 g/mol. The van der Waals surface area contributed by atoms with Gasteiger partial charge >= 0.3 is 0 Å². The van der Waals surface area contributed by atoms with Crippen LogP contribution >= 0.6 is 0 Å². The van der Waals surface area contributed by atoms with Crippen molar-refractivity contribution in [3.05, 3.63) is 35.0 Å². The van der Waals surface area contributed by atoms with E-state index in [-0.39, 0.29) is 0 Å². The van der Waals surface area contributed by atoms with E-state index in [2.05, 4.69) is 35.4 Å². The third-order valence-electron chi connectivity index (χ3n) is 5.74. The fraction of sp³-hybridized carbons (Fsp3) is 0.600. The third kappa shape index (κ3) is 2.69. The number of aromatic nitrogens is 1. The number of rotatable bonds is 3. The minimum absolute atomic E-state index is 0.540. The summed E-state index contributed by atoms with van der Waals surface area (Å²) in [7, 11) is 0. The number of aromatic amines is 1. The van der Waals surface area contributed by atoms with Crippen LogP contribution in [-0.4, -0.2) is 11.5 Å². The first-order valence-corrected chi connectivity index (χ1v) is 9.16. The summed E-state index contributed by atoms with van der Waals surface area (Å²) in [5.41, 5.74) is 5.74. The molecule has 2 N–H and O–H groups in total. The molecule has 2 aliphatic carbocycles. The molecule has 4 rings (SSSR count). The topological polar surface area (TPSA) is 27.8 Å². The van der Waals surface area contributed by atoms with E-state index in [1.807, 2.05) is 0 Å². The van der Waals surface area contributed by atoms with Gasteiger partial charge in [-0.25, -0.2) is 0 Å². The highest BCUT2D eigenvalue weighted by Crippen LogP contribution is 2.35. The van der Waals surface area contributed by atoms with Crippen LogP contribution in [0.1, 0.15) is 67.8 Å². The molecule has 1 heterocycles. The van der Waals surface area contributed by atoms with Crippen molar-refractivity contribution < 1.29 is 0 Å². The zero-order chi connectivity index (χ0) is 14.9. The van der Waals surface area contributed by atoms with Crippen LogP contribution < -0.4 is 5.32 Å². The molecule has 1 saturated carbocycles. The highest BCUT2D eigenvalue weighted by atomic mass is 15.0. The van der Waals surface area contributed by atoms with E-state index in [0.717, 1.165) is 5.92 Å². The van der Waals surface area contributed by atoms with E-state index in [1.54, 1.807) is 5.56 Å². The lowest BCUT2D eigenvalue weighted by Crippen LogP contribution is -2.30. The van der Waals surface area contributed by atoms with Crippen molar-refractivity contribution in [1.29, 1.82) is 0 Å². The molecule has 2 nitrogen and oxygen atoms in total. The van der Waals surface area contributed by atoms with Gasteiger partial charge in [0.15, 0.2) is 0 Å². The summed E-state index contributed by atoms with van der Waals surface area (Å²) in [6.45, 7) is 3.40. The molecule has 1 aromatic heterocycles. The van der Waals surface area contributed by atoms with Gasteiger partial charge in [-0.3, -0.25) is 0 Å². The number of nitrogens with one attached hydrogen (secondary N) is 2. The molecule has 1 aromatic carbocycles. The van der Waals surface area contributed by atoms with Gasteiger partial charge in [0.05, 0.1) is 0 Å². The molecule has 22 heavy (non-hydrogen) atoms. The first kappa shape index (κ1) is 14.3. The van der Waals surface area contributed by atoms with Crippen molar-refractivity contribution in [2.75, 3.05) is 6.54 Å². The van der Waals surface area contributed by atoms with E-state index < -0.39 is 0 Å². The van der Waals surface area contributed by atoms with Crippen LogP contribution in [0.25, 0.3) is 10.9 Å². The highest BCUT2D eigenvalue weighted by Gasteiger charge is 2.25. The standard InChI is InChI=1S/C20H28N2/c1-14-10-11-18-17(12-14)16-8-5-9-19(20(16)22-18)21-13-15-6-3-2-4-7-15/h10-12,15,19,21-22H,2-9,13H2,1H3. The number of H-pyrrole nitrogens is 1. The van der Waals surface area contributed by atoms with Crippen molar-refractivity contribution >= 4 is 10.9 Å². The zero-order valence-corrected chi connectivity index (χ0v) is 13.8. The molecule has 0 spiro atoms. The molecule has 0 radical (unpaired) electrons. The van der Waals surface area contributed by atoms with Crippen molar-refractivity contribution in [2.24, 2.45) is 5.92 Å². The first-order valence-electron chi connectivity index (χ1n) is 9.16. The van der Waals surface area contributed by atoms with Crippen molar-refractivity contribution in [3.8, 4) is 0 Å². The Hall–Kier alpha value is -1.28. The molecule has 0 bridgehead atoms. The van der Waals surface area contributed by atoms with Gasteiger partial charge in [-0.2, -0.15) is 0 Å². The summed E-state index contributed by atoms with van der Waals surface area (Å²) in [4.78, 5) is 3.72. The monoisotopic (exact) mass is 296 g/mol. The van der Waals surface area contributed by atoms with Crippen molar-refractivity contribution in [2.45, 2.75) is 64.3 Å². The molecule has 0 amide bonds. The number of benzene rings is 1. The molecule has 118 valence electrons. The van der Waals surface area contributed by atoms with Crippen LogP contribution in [0.15, 0.2) is 18.2 Å². The first-order chi connectivity index (χ1) is 10.8. The maximum Gasteiger partial charge on any atom is 0.0476 e. The van der Waals surface area contributed by atoms with Gasteiger partial charge in [0.2, 0.25) is 0 Å². The molecular formula is C20H28N2. The quantitative estimate of drug-likeness (QED) is 0.817. The number of aryl methyl sites for hydroxylation is 2. The Morgan fingerprint density at radius 3 is 2.82 bits per heavy atom. The smallest absolute Gasteiger partial charge is 0.0476 e. The van der Waals surface area contributed by atoms with Crippen molar-refractivity contribution in [3.63, 3.8) is 0 Å². The minimum Gasteiger partial charge on any atom is -0.357 e. The van der Waals surface area contributed by atoms with Crippen LogP contribution in [0.3, 0.4) is 0 Å². The molecule has 1 atom stereocenters. The summed E-state index contributed by atoms with van der Waals surface area (Å²) >= 11 is 0. The lowest BCUT2D eigenvalue weighted by Gasteiger charge is -2.28. The minimum atomic E-state index is 0.540. The number of fused-ring (bicyclic) bond motifs is 3. The van der Waals surface area contributed by atoms with Gasteiger partial charge in [0, 0.05) is 22.6 Å². The summed E-state index contributed by atoms with van der Waals surface area (Å²) < 4.78 is 0. The maximum absolute atomic E-state index is 3.89. The fourth-order valence-corrected chi connectivity index (χ4v) is 4.48. The van der Waals surface area contributed by atoms with E-state index >= 15 is 0 Å². The van der Waals surface area contributed by atoms with E-state index in [9.17, 15) is 0 Å². The number of hydrogen-bond acceptors (Lipinski definition) is 1. The van der Waals surface area contributed by atoms with Gasteiger partial charge in [-0.1, -0.05) is 30.9 Å².